The number of hydrogen-bond donors (Lipinski definition) is 2. The van der Waals surface area contributed by atoms with E-state index in [0.29, 0.717) is 32.6 Å². The predicted molar refractivity (Wildman–Crippen MR) is 67.2 cm³/mol. The molecule has 0 aliphatic carbocycles. The van der Waals surface area contributed by atoms with Gasteiger partial charge in [0.15, 0.2) is 0 Å². The average molecular weight is 257 g/mol. The third kappa shape index (κ3) is 3.41. The van der Waals surface area contributed by atoms with Crippen molar-refractivity contribution in [3.63, 3.8) is 0 Å². The van der Waals surface area contributed by atoms with Crippen LogP contribution < -0.4 is 11.1 Å². The van der Waals surface area contributed by atoms with E-state index in [1.54, 1.807) is 0 Å². The minimum absolute atomic E-state index is 0.0659. The Morgan fingerprint density at radius 2 is 2.17 bits per heavy atom. The molecule has 2 aliphatic rings. The second-order valence-electron chi connectivity index (χ2n) is 5.23. The first-order chi connectivity index (χ1) is 8.60. The molecule has 2 rings (SSSR count). The van der Waals surface area contributed by atoms with Crippen LogP contribution in [-0.4, -0.2) is 69.0 Å². The summed E-state index contributed by atoms with van der Waals surface area (Å²) in [5.74, 6) is -0.0809. The van der Waals surface area contributed by atoms with Gasteiger partial charge < -0.3 is 25.4 Å². The Kier molecular flexibility index (Phi) is 4.55. The zero-order valence-electron chi connectivity index (χ0n) is 11.0. The van der Waals surface area contributed by atoms with Crippen molar-refractivity contribution in [3.8, 4) is 0 Å². The standard InChI is InChI=1S/C12H23N3O3/c1-15-4-7-18-10(9-15)8-14-11(16)12(13)2-5-17-6-3-12/h10H,2-9,13H2,1H3,(H,14,16). The molecule has 2 aliphatic heterocycles. The number of likely N-dealkylation sites (N-methyl/N-ethyl adjacent to an activating group) is 1. The van der Waals surface area contributed by atoms with Crippen LogP contribution in [0.25, 0.3) is 0 Å². The molecule has 0 aromatic heterocycles. The first-order valence-electron chi connectivity index (χ1n) is 6.55. The second kappa shape index (κ2) is 5.97. The lowest BCUT2D eigenvalue weighted by atomic mass is 9.90. The maximum Gasteiger partial charge on any atom is 0.240 e. The van der Waals surface area contributed by atoms with Crippen LogP contribution in [0.2, 0.25) is 0 Å². The second-order valence-corrected chi connectivity index (χ2v) is 5.23. The van der Waals surface area contributed by atoms with E-state index < -0.39 is 5.54 Å². The normalized spacial score (nSPS) is 28.9. The summed E-state index contributed by atoms with van der Waals surface area (Å²) in [5, 5.41) is 2.91. The van der Waals surface area contributed by atoms with E-state index in [2.05, 4.69) is 17.3 Å². The van der Waals surface area contributed by atoms with Gasteiger partial charge in [0.2, 0.25) is 5.91 Å². The van der Waals surface area contributed by atoms with Crippen molar-refractivity contribution in [2.45, 2.75) is 24.5 Å². The van der Waals surface area contributed by atoms with Gasteiger partial charge in [-0.2, -0.15) is 0 Å². The Labute approximate surface area is 108 Å². The highest BCUT2D eigenvalue weighted by Crippen LogP contribution is 2.17. The van der Waals surface area contributed by atoms with Gasteiger partial charge in [0, 0.05) is 32.8 Å². The van der Waals surface area contributed by atoms with E-state index in [9.17, 15) is 4.79 Å². The van der Waals surface area contributed by atoms with Crippen molar-refractivity contribution < 1.29 is 14.3 Å². The van der Waals surface area contributed by atoms with Crippen LogP contribution in [0.5, 0.6) is 0 Å². The summed E-state index contributed by atoms with van der Waals surface area (Å²) in [4.78, 5) is 14.3. The van der Waals surface area contributed by atoms with Gasteiger partial charge in [-0.1, -0.05) is 0 Å². The molecule has 2 heterocycles. The maximum absolute atomic E-state index is 12.1. The lowest BCUT2D eigenvalue weighted by Crippen LogP contribution is -2.58. The monoisotopic (exact) mass is 257 g/mol. The summed E-state index contributed by atoms with van der Waals surface area (Å²) in [5.41, 5.74) is 5.34. The molecule has 0 radical (unpaired) electrons. The number of morpholine rings is 1. The molecule has 1 atom stereocenters. The average Bonchev–Trinajstić information content (AvgIpc) is 2.37. The smallest absolute Gasteiger partial charge is 0.240 e. The largest absolute Gasteiger partial charge is 0.381 e. The Balaban J connectivity index is 1.76. The van der Waals surface area contributed by atoms with Crippen molar-refractivity contribution in [2.75, 3.05) is 46.5 Å². The quantitative estimate of drug-likeness (QED) is 0.674. The van der Waals surface area contributed by atoms with Crippen LogP contribution in [-0.2, 0) is 14.3 Å². The number of carbonyl (C=O) groups excluding carboxylic acids is 1. The first kappa shape index (κ1) is 13.7. The SMILES string of the molecule is CN1CCOC(CNC(=O)C2(N)CCOCC2)C1. The molecule has 2 fully saturated rings. The van der Waals surface area contributed by atoms with Gasteiger partial charge in [-0.3, -0.25) is 4.79 Å². The van der Waals surface area contributed by atoms with Crippen molar-refractivity contribution in [2.24, 2.45) is 5.73 Å². The molecular weight excluding hydrogens is 234 g/mol. The minimum Gasteiger partial charge on any atom is -0.381 e. The highest BCUT2D eigenvalue weighted by atomic mass is 16.5. The number of rotatable bonds is 3. The van der Waals surface area contributed by atoms with Crippen LogP contribution in [0.3, 0.4) is 0 Å². The zero-order valence-corrected chi connectivity index (χ0v) is 11.0. The summed E-state index contributed by atoms with van der Waals surface area (Å²) in [6.45, 7) is 4.17. The summed E-state index contributed by atoms with van der Waals surface area (Å²) in [7, 11) is 2.06. The van der Waals surface area contributed by atoms with Gasteiger partial charge in [-0.15, -0.1) is 0 Å². The fourth-order valence-electron chi connectivity index (χ4n) is 2.34. The summed E-state index contributed by atoms with van der Waals surface area (Å²) < 4.78 is 10.8. The van der Waals surface area contributed by atoms with Gasteiger partial charge in [-0.25, -0.2) is 0 Å². The molecule has 104 valence electrons. The first-order valence-corrected chi connectivity index (χ1v) is 6.55. The van der Waals surface area contributed by atoms with Crippen molar-refractivity contribution in [1.29, 1.82) is 0 Å². The van der Waals surface area contributed by atoms with Gasteiger partial charge in [0.05, 0.1) is 18.2 Å². The van der Waals surface area contributed by atoms with E-state index in [1.165, 1.54) is 0 Å². The van der Waals surface area contributed by atoms with Gasteiger partial charge in [-0.05, 0) is 19.9 Å². The molecular formula is C12H23N3O3. The number of ether oxygens (including phenoxy) is 2. The molecule has 1 amide bonds. The lowest BCUT2D eigenvalue weighted by molar-refractivity contribution is -0.130. The molecule has 1 unspecified atom stereocenters. The number of carbonyl (C=O) groups is 1. The Hall–Kier alpha value is -0.690. The molecule has 18 heavy (non-hydrogen) atoms. The minimum atomic E-state index is -0.765. The number of hydrogen-bond acceptors (Lipinski definition) is 5. The molecule has 6 nitrogen and oxygen atoms in total. The molecule has 0 aromatic rings. The van der Waals surface area contributed by atoms with E-state index >= 15 is 0 Å². The van der Waals surface area contributed by atoms with Gasteiger partial charge in [0.1, 0.15) is 0 Å². The maximum atomic E-state index is 12.1. The van der Waals surface area contributed by atoms with E-state index in [4.69, 9.17) is 15.2 Å². The highest BCUT2D eigenvalue weighted by molar-refractivity contribution is 5.86. The summed E-state index contributed by atoms with van der Waals surface area (Å²) in [6.07, 6.45) is 1.24. The van der Waals surface area contributed by atoms with E-state index in [0.717, 1.165) is 19.7 Å². The van der Waals surface area contributed by atoms with E-state index in [1.807, 2.05) is 0 Å². The van der Waals surface area contributed by atoms with Crippen molar-refractivity contribution in [1.82, 2.24) is 10.2 Å². The predicted octanol–water partition coefficient (Wildman–Crippen LogP) is -1.06. The van der Waals surface area contributed by atoms with Crippen LogP contribution in [0.15, 0.2) is 0 Å². The lowest BCUT2D eigenvalue weighted by Gasteiger charge is -2.34. The molecule has 3 N–H and O–H groups in total. The third-order valence-electron chi connectivity index (χ3n) is 3.67. The van der Waals surface area contributed by atoms with Crippen LogP contribution >= 0.6 is 0 Å². The fraction of sp³-hybridized carbons (Fsp3) is 0.917. The van der Waals surface area contributed by atoms with Crippen LogP contribution in [0.1, 0.15) is 12.8 Å². The highest BCUT2D eigenvalue weighted by Gasteiger charge is 2.36. The van der Waals surface area contributed by atoms with Crippen LogP contribution in [0.4, 0.5) is 0 Å². The molecule has 0 bridgehead atoms. The topological polar surface area (TPSA) is 76.8 Å². The Bertz CT molecular complexity index is 292. The number of nitrogens with one attached hydrogen (secondary N) is 1. The number of nitrogens with two attached hydrogens (primary N) is 1. The molecule has 0 spiro atoms. The molecule has 0 aromatic carbocycles. The van der Waals surface area contributed by atoms with Crippen molar-refractivity contribution in [3.05, 3.63) is 0 Å². The molecule has 2 saturated heterocycles. The zero-order chi connectivity index (χ0) is 13.0. The van der Waals surface area contributed by atoms with Crippen LogP contribution in [0, 0.1) is 0 Å². The van der Waals surface area contributed by atoms with Gasteiger partial charge >= 0.3 is 0 Å². The third-order valence-corrected chi connectivity index (χ3v) is 3.67. The molecule has 0 saturated carbocycles. The number of amides is 1. The van der Waals surface area contributed by atoms with E-state index in [-0.39, 0.29) is 12.0 Å². The molecule has 6 heteroatoms. The van der Waals surface area contributed by atoms with Crippen molar-refractivity contribution >= 4 is 5.91 Å². The Morgan fingerprint density at radius 3 is 2.83 bits per heavy atom. The summed E-state index contributed by atoms with van der Waals surface area (Å²) in [6, 6.07) is 0. The fourth-order valence-corrected chi connectivity index (χ4v) is 2.34. The summed E-state index contributed by atoms with van der Waals surface area (Å²) >= 11 is 0. The number of nitrogens with zero attached hydrogens (tertiary/aromatic N) is 1. The van der Waals surface area contributed by atoms with Gasteiger partial charge in [0.25, 0.3) is 0 Å². The Morgan fingerprint density at radius 1 is 1.44 bits per heavy atom.